The molecule has 0 amide bonds. The van der Waals surface area contributed by atoms with Gasteiger partial charge in [0.15, 0.2) is 11.4 Å². The molecule has 198 valence electrons. The third kappa shape index (κ3) is 6.45. The second-order valence-electron chi connectivity index (χ2n) is 9.81. The van der Waals surface area contributed by atoms with Crippen molar-refractivity contribution in [3.8, 4) is 17.0 Å². The van der Waals surface area contributed by atoms with Crippen molar-refractivity contribution in [3.63, 3.8) is 0 Å². The van der Waals surface area contributed by atoms with Gasteiger partial charge in [-0.3, -0.25) is 4.90 Å². The maximum absolute atomic E-state index is 9.47. The Balaban J connectivity index is 1.26. The largest absolute Gasteiger partial charge is 0.487 e. The maximum Gasteiger partial charge on any atom is 0.185 e. The summed E-state index contributed by atoms with van der Waals surface area (Å²) in [6.45, 7) is 8.56. The molecule has 2 aromatic carbocycles. The van der Waals surface area contributed by atoms with Crippen LogP contribution in [0.3, 0.4) is 0 Å². The topological polar surface area (TPSA) is 78.3 Å². The Morgan fingerprint density at radius 3 is 2.65 bits per heavy atom. The number of thiazole rings is 1. The fourth-order valence-corrected chi connectivity index (χ4v) is 6.07. The Labute approximate surface area is 227 Å². The van der Waals surface area contributed by atoms with E-state index in [1.807, 2.05) is 23.6 Å². The number of ether oxygens (including phenoxy) is 2. The normalized spacial score (nSPS) is 17.5. The van der Waals surface area contributed by atoms with Gasteiger partial charge in [0.1, 0.15) is 12.4 Å². The van der Waals surface area contributed by atoms with Crippen LogP contribution in [0.1, 0.15) is 29.5 Å². The van der Waals surface area contributed by atoms with Gasteiger partial charge in [-0.2, -0.15) is 0 Å². The van der Waals surface area contributed by atoms with Crippen LogP contribution in [0.15, 0.2) is 41.8 Å². The SMILES string of the molecule is Cc1cc(CN2CCOCC2)ccc1COc1c(Cl)cccc1-c1csc(N2CCC(C(O)O)CC2)n1. The molecule has 0 atom stereocenters. The van der Waals surface area contributed by atoms with E-state index in [0.29, 0.717) is 17.4 Å². The minimum absolute atomic E-state index is 0.0690. The van der Waals surface area contributed by atoms with E-state index in [9.17, 15) is 10.2 Å². The Hall–Kier alpha value is -2.20. The molecule has 0 saturated carbocycles. The smallest absolute Gasteiger partial charge is 0.185 e. The molecule has 0 aliphatic carbocycles. The first-order chi connectivity index (χ1) is 18.0. The molecule has 2 aliphatic heterocycles. The molecule has 5 rings (SSSR count). The number of aliphatic hydroxyl groups excluding tert-OH is 1. The molecule has 0 radical (unpaired) electrons. The minimum Gasteiger partial charge on any atom is -0.487 e. The van der Waals surface area contributed by atoms with E-state index in [0.717, 1.165) is 80.7 Å². The lowest BCUT2D eigenvalue weighted by molar-refractivity contribution is -0.0893. The lowest BCUT2D eigenvalue weighted by atomic mass is 9.97. The fourth-order valence-electron chi connectivity index (χ4n) is 4.97. The van der Waals surface area contributed by atoms with Crippen molar-refractivity contribution in [3.05, 3.63) is 63.5 Å². The predicted molar refractivity (Wildman–Crippen MR) is 147 cm³/mol. The third-order valence-electron chi connectivity index (χ3n) is 7.26. The summed E-state index contributed by atoms with van der Waals surface area (Å²) in [6.07, 6.45) is 0.232. The van der Waals surface area contributed by atoms with Gasteiger partial charge in [-0.15, -0.1) is 11.3 Å². The van der Waals surface area contributed by atoms with E-state index in [1.54, 1.807) is 11.3 Å². The van der Waals surface area contributed by atoms with Crippen LogP contribution in [0, 0.1) is 12.8 Å². The molecule has 2 saturated heterocycles. The van der Waals surface area contributed by atoms with Gasteiger partial charge in [0.25, 0.3) is 0 Å². The lowest BCUT2D eigenvalue weighted by Gasteiger charge is -2.32. The number of morpholine rings is 1. The van der Waals surface area contributed by atoms with Crippen molar-refractivity contribution >= 4 is 28.1 Å². The molecule has 9 heteroatoms. The summed E-state index contributed by atoms with van der Waals surface area (Å²) >= 11 is 8.18. The summed E-state index contributed by atoms with van der Waals surface area (Å²) in [7, 11) is 0. The van der Waals surface area contributed by atoms with Crippen LogP contribution in [0.5, 0.6) is 5.75 Å². The van der Waals surface area contributed by atoms with Crippen LogP contribution < -0.4 is 9.64 Å². The number of aliphatic hydroxyl groups is 2. The molecule has 3 aromatic rings. The highest BCUT2D eigenvalue weighted by Gasteiger charge is 2.26. The Bertz CT molecular complexity index is 1190. The fraction of sp³-hybridized carbons (Fsp3) is 0.464. The zero-order chi connectivity index (χ0) is 25.8. The molecule has 0 spiro atoms. The quantitative estimate of drug-likeness (QED) is 0.398. The number of hydrogen-bond acceptors (Lipinski definition) is 8. The van der Waals surface area contributed by atoms with Gasteiger partial charge in [-0.1, -0.05) is 35.9 Å². The standard InChI is InChI=1S/C28H34ClN3O4S/c1-19-15-20(16-31-11-13-35-14-12-31)5-6-22(19)17-36-26-23(3-2-4-24(26)29)25-18-37-28(30-25)32-9-7-21(8-10-32)27(33)34/h2-6,15,18,21,27,33-34H,7-14,16-17H2,1H3. The molecule has 2 aliphatic rings. The van der Waals surface area contributed by atoms with Gasteiger partial charge in [-0.25, -0.2) is 4.98 Å². The van der Waals surface area contributed by atoms with Gasteiger partial charge < -0.3 is 24.6 Å². The summed E-state index contributed by atoms with van der Waals surface area (Å²) < 4.78 is 11.8. The van der Waals surface area contributed by atoms with E-state index in [1.165, 1.54) is 11.1 Å². The highest BCUT2D eigenvalue weighted by atomic mass is 35.5. The van der Waals surface area contributed by atoms with Crippen LogP contribution >= 0.6 is 22.9 Å². The van der Waals surface area contributed by atoms with E-state index in [2.05, 4.69) is 34.9 Å². The van der Waals surface area contributed by atoms with Crippen LogP contribution in [0.4, 0.5) is 5.13 Å². The van der Waals surface area contributed by atoms with Crippen LogP contribution in [-0.2, 0) is 17.9 Å². The number of para-hydroxylation sites is 1. The lowest BCUT2D eigenvalue weighted by Crippen LogP contribution is -2.37. The Morgan fingerprint density at radius 1 is 1.14 bits per heavy atom. The van der Waals surface area contributed by atoms with Crippen molar-refractivity contribution in [2.24, 2.45) is 5.92 Å². The summed E-state index contributed by atoms with van der Waals surface area (Å²) in [5.41, 5.74) is 5.34. The van der Waals surface area contributed by atoms with E-state index >= 15 is 0 Å². The Morgan fingerprint density at radius 2 is 1.92 bits per heavy atom. The first-order valence-electron chi connectivity index (χ1n) is 12.8. The number of anilines is 1. The zero-order valence-electron chi connectivity index (χ0n) is 21.1. The summed E-state index contributed by atoms with van der Waals surface area (Å²) in [4.78, 5) is 9.51. The van der Waals surface area contributed by atoms with E-state index in [-0.39, 0.29) is 5.92 Å². The highest BCUT2D eigenvalue weighted by molar-refractivity contribution is 7.14. The van der Waals surface area contributed by atoms with Crippen molar-refractivity contribution < 1.29 is 19.7 Å². The third-order valence-corrected chi connectivity index (χ3v) is 8.45. The molecule has 0 unspecified atom stereocenters. The molecular formula is C28H34ClN3O4S. The van der Waals surface area contributed by atoms with E-state index < -0.39 is 6.29 Å². The minimum atomic E-state index is -1.25. The number of hydrogen-bond donors (Lipinski definition) is 2. The Kier molecular flexibility index (Phi) is 8.64. The molecule has 2 N–H and O–H groups in total. The number of benzene rings is 2. The molecule has 7 nitrogen and oxygen atoms in total. The number of aryl methyl sites for hydroxylation is 1. The van der Waals surface area contributed by atoms with Gasteiger partial charge in [-0.05, 0) is 48.6 Å². The molecular weight excluding hydrogens is 510 g/mol. The van der Waals surface area contributed by atoms with Gasteiger partial charge >= 0.3 is 0 Å². The van der Waals surface area contributed by atoms with E-state index in [4.69, 9.17) is 26.1 Å². The second-order valence-corrected chi connectivity index (χ2v) is 11.1. The average molecular weight is 544 g/mol. The first-order valence-corrected chi connectivity index (χ1v) is 14.1. The molecule has 2 fully saturated rings. The van der Waals surface area contributed by atoms with Crippen LogP contribution in [0.2, 0.25) is 5.02 Å². The number of rotatable bonds is 8. The predicted octanol–water partition coefficient (Wildman–Crippen LogP) is 4.71. The van der Waals surface area contributed by atoms with Crippen molar-refractivity contribution in [2.75, 3.05) is 44.3 Å². The average Bonchev–Trinajstić information content (AvgIpc) is 3.40. The number of halogens is 1. The molecule has 0 bridgehead atoms. The second kappa shape index (κ2) is 12.1. The van der Waals surface area contributed by atoms with Crippen LogP contribution in [-0.4, -0.2) is 65.8 Å². The van der Waals surface area contributed by atoms with Gasteiger partial charge in [0, 0.05) is 49.6 Å². The number of aromatic nitrogens is 1. The summed E-state index contributed by atoms with van der Waals surface area (Å²) in [5.74, 6) is 0.570. The van der Waals surface area contributed by atoms with Gasteiger partial charge in [0.2, 0.25) is 0 Å². The molecule has 3 heterocycles. The van der Waals surface area contributed by atoms with Crippen molar-refractivity contribution in [1.82, 2.24) is 9.88 Å². The monoisotopic (exact) mass is 543 g/mol. The maximum atomic E-state index is 9.47. The number of piperidine rings is 1. The first kappa shape index (κ1) is 26.4. The highest BCUT2D eigenvalue weighted by Crippen LogP contribution is 2.39. The molecule has 1 aromatic heterocycles. The van der Waals surface area contributed by atoms with Crippen molar-refractivity contribution in [1.29, 1.82) is 0 Å². The van der Waals surface area contributed by atoms with Gasteiger partial charge in [0.05, 0.1) is 23.9 Å². The zero-order valence-corrected chi connectivity index (χ0v) is 22.7. The van der Waals surface area contributed by atoms with Crippen LogP contribution in [0.25, 0.3) is 11.3 Å². The summed E-state index contributed by atoms with van der Waals surface area (Å²) in [6, 6.07) is 12.3. The summed E-state index contributed by atoms with van der Waals surface area (Å²) in [5, 5.41) is 22.5. The number of nitrogens with zero attached hydrogens (tertiary/aromatic N) is 3. The molecule has 37 heavy (non-hydrogen) atoms. The van der Waals surface area contributed by atoms with Crippen molar-refractivity contribution in [2.45, 2.75) is 39.2 Å².